The van der Waals surface area contributed by atoms with Crippen molar-refractivity contribution in [3.63, 3.8) is 0 Å². The van der Waals surface area contributed by atoms with Crippen molar-refractivity contribution in [1.29, 1.82) is 0 Å². The van der Waals surface area contributed by atoms with Gasteiger partial charge in [-0.2, -0.15) is 0 Å². The van der Waals surface area contributed by atoms with Gasteiger partial charge in [0.2, 0.25) is 0 Å². The number of para-hydroxylation sites is 2. The van der Waals surface area contributed by atoms with Crippen molar-refractivity contribution in [1.82, 2.24) is 9.88 Å². The summed E-state index contributed by atoms with van der Waals surface area (Å²) in [6.45, 7) is 1.47. The molecule has 0 saturated carbocycles. The Bertz CT molecular complexity index is 1140. The number of esters is 1. The molecule has 1 atom stereocenters. The Morgan fingerprint density at radius 1 is 1.14 bits per heavy atom. The SMILES string of the molecule is CC(NC(=O)COC(=O)c1cn(C)c2ccccc12)c1cc2ccccc2o1. The molecule has 28 heavy (non-hydrogen) atoms. The van der Waals surface area contributed by atoms with E-state index in [1.54, 1.807) is 6.20 Å². The molecular formula is C22H20N2O4. The number of furan rings is 1. The van der Waals surface area contributed by atoms with Gasteiger partial charge in [0, 0.05) is 29.5 Å². The number of carbonyl (C=O) groups excluding carboxylic acids is 2. The summed E-state index contributed by atoms with van der Waals surface area (Å²) in [5.74, 6) is -0.264. The first-order chi connectivity index (χ1) is 13.5. The van der Waals surface area contributed by atoms with E-state index in [1.807, 2.05) is 73.1 Å². The van der Waals surface area contributed by atoms with Gasteiger partial charge in [0.1, 0.15) is 11.3 Å². The maximum atomic E-state index is 12.4. The smallest absolute Gasteiger partial charge is 0.340 e. The quantitative estimate of drug-likeness (QED) is 0.535. The molecule has 2 heterocycles. The Morgan fingerprint density at radius 2 is 1.89 bits per heavy atom. The third-order valence-corrected chi connectivity index (χ3v) is 4.70. The highest BCUT2D eigenvalue weighted by molar-refractivity contribution is 6.04. The minimum Gasteiger partial charge on any atom is -0.459 e. The fourth-order valence-electron chi connectivity index (χ4n) is 3.28. The molecule has 0 aliphatic heterocycles. The predicted octanol–water partition coefficient (Wildman–Crippen LogP) is 3.96. The van der Waals surface area contributed by atoms with Crippen molar-refractivity contribution in [2.75, 3.05) is 6.61 Å². The van der Waals surface area contributed by atoms with Gasteiger partial charge in [0.05, 0.1) is 11.6 Å². The largest absolute Gasteiger partial charge is 0.459 e. The van der Waals surface area contributed by atoms with Gasteiger partial charge in [-0.15, -0.1) is 0 Å². The highest BCUT2D eigenvalue weighted by Gasteiger charge is 2.18. The number of nitrogens with zero attached hydrogens (tertiary/aromatic N) is 1. The molecule has 6 heteroatoms. The van der Waals surface area contributed by atoms with Crippen molar-refractivity contribution >= 4 is 33.7 Å². The molecule has 1 N–H and O–H groups in total. The minimum atomic E-state index is -0.525. The molecule has 6 nitrogen and oxygen atoms in total. The Morgan fingerprint density at radius 3 is 2.71 bits per heavy atom. The molecule has 1 amide bonds. The molecule has 0 bridgehead atoms. The van der Waals surface area contributed by atoms with Gasteiger partial charge in [-0.3, -0.25) is 4.79 Å². The summed E-state index contributed by atoms with van der Waals surface area (Å²) in [4.78, 5) is 24.6. The topological polar surface area (TPSA) is 73.5 Å². The normalized spacial score (nSPS) is 12.2. The molecule has 2 aromatic carbocycles. The summed E-state index contributed by atoms with van der Waals surface area (Å²) in [5, 5.41) is 4.56. The van der Waals surface area contributed by atoms with Gasteiger partial charge in [0.15, 0.2) is 6.61 Å². The zero-order chi connectivity index (χ0) is 19.7. The van der Waals surface area contributed by atoms with E-state index >= 15 is 0 Å². The maximum Gasteiger partial charge on any atom is 0.340 e. The van der Waals surface area contributed by atoms with Crippen molar-refractivity contribution < 1.29 is 18.7 Å². The second-order valence-electron chi connectivity index (χ2n) is 6.72. The molecule has 0 spiro atoms. The second-order valence-corrected chi connectivity index (χ2v) is 6.72. The van der Waals surface area contributed by atoms with Crippen LogP contribution in [0.5, 0.6) is 0 Å². The van der Waals surface area contributed by atoms with Crippen LogP contribution in [0.2, 0.25) is 0 Å². The van der Waals surface area contributed by atoms with Gasteiger partial charge in [0.25, 0.3) is 5.91 Å². The third-order valence-electron chi connectivity index (χ3n) is 4.70. The van der Waals surface area contributed by atoms with E-state index < -0.39 is 5.97 Å². The Labute approximate surface area is 161 Å². The van der Waals surface area contributed by atoms with Gasteiger partial charge < -0.3 is 19.0 Å². The Hall–Kier alpha value is -3.54. The first kappa shape index (κ1) is 17.9. The maximum absolute atomic E-state index is 12.4. The number of aryl methyl sites for hydroxylation is 1. The van der Waals surface area contributed by atoms with Crippen LogP contribution in [0.4, 0.5) is 0 Å². The molecule has 4 aromatic rings. The molecule has 2 aromatic heterocycles. The van der Waals surface area contributed by atoms with Crippen LogP contribution < -0.4 is 5.32 Å². The molecule has 0 fully saturated rings. The fourth-order valence-corrected chi connectivity index (χ4v) is 3.28. The molecule has 0 aliphatic carbocycles. The van der Waals surface area contributed by atoms with Crippen LogP contribution in [0.3, 0.4) is 0 Å². The van der Waals surface area contributed by atoms with Crippen LogP contribution in [-0.2, 0) is 16.6 Å². The Kier molecular flexibility index (Phi) is 4.61. The summed E-state index contributed by atoms with van der Waals surface area (Å²) in [5.41, 5.74) is 2.13. The molecule has 0 saturated heterocycles. The lowest BCUT2D eigenvalue weighted by atomic mass is 10.2. The summed E-state index contributed by atoms with van der Waals surface area (Å²) >= 11 is 0. The summed E-state index contributed by atoms with van der Waals surface area (Å²) < 4.78 is 12.8. The standard InChI is InChI=1S/C22H20N2O4/c1-14(20-11-15-7-3-6-10-19(15)28-20)23-21(25)13-27-22(26)17-12-24(2)18-9-5-4-8-16(17)18/h3-12,14H,13H2,1-2H3,(H,23,25). The van der Waals surface area contributed by atoms with Gasteiger partial charge in [-0.1, -0.05) is 36.4 Å². The highest BCUT2D eigenvalue weighted by Crippen LogP contribution is 2.24. The number of hydrogen-bond acceptors (Lipinski definition) is 4. The van der Waals surface area contributed by atoms with Crippen LogP contribution in [-0.4, -0.2) is 23.1 Å². The molecule has 4 rings (SSSR count). The third kappa shape index (κ3) is 3.36. The van der Waals surface area contributed by atoms with Crippen LogP contribution in [0.15, 0.2) is 65.2 Å². The van der Waals surface area contributed by atoms with Gasteiger partial charge in [-0.05, 0) is 25.1 Å². The zero-order valence-electron chi connectivity index (χ0n) is 15.6. The zero-order valence-corrected chi connectivity index (χ0v) is 15.6. The lowest BCUT2D eigenvalue weighted by Gasteiger charge is -2.11. The number of carbonyl (C=O) groups is 2. The lowest BCUT2D eigenvalue weighted by Crippen LogP contribution is -2.30. The number of aromatic nitrogens is 1. The number of ether oxygens (including phenoxy) is 1. The second kappa shape index (κ2) is 7.23. The average Bonchev–Trinajstić information content (AvgIpc) is 3.28. The van der Waals surface area contributed by atoms with E-state index in [-0.39, 0.29) is 18.6 Å². The van der Waals surface area contributed by atoms with Crippen molar-refractivity contribution in [2.24, 2.45) is 7.05 Å². The van der Waals surface area contributed by atoms with Crippen molar-refractivity contribution in [3.05, 3.63) is 72.1 Å². The number of amides is 1. The van der Waals surface area contributed by atoms with E-state index in [2.05, 4.69) is 5.32 Å². The molecule has 142 valence electrons. The molecule has 1 unspecified atom stereocenters. The lowest BCUT2D eigenvalue weighted by molar-refractivity contribution is -0.125. The summed E-state index contributed by atoms with van der Waals surface area (Å²) in [6, 6.07) is 16.7. The van der Waals surface area contributed by atoms with E-state index in [1.165, 1.54) is 0 Å². The minimum absolute atomic E-state index is 0.337. The van der Waals surface area contributed by atoms with Gasteiger partial charge in [-0.25, -0.2) is 4.79 Å². The number of fused-ring (bicyclic) bond motifs is 2. The fraction of sp³-hybridized carbons (Fsp3) is 0.182. The number of benzene rings is 2. The first-order valence-corrected chi connectivity index (χ1v) is 9.02. The molecule has 0 radical (unpaired) electrons. The van der Waals surface area contributed by atoms with Crippen LogP contribution in [0.25, 0.3) is 21.9 Å². The van der Waals surface area contributed by atoms with E-state index in [0.29, 0.717) is 11.3 Å². The van der Waals surface area contributed by atoms with E-state index in [0.717, 1.165) is 21.9 Å². The molecule has 0 aliphatic rings. The van der Waals surface area contributed by atoms with Gasteiger partial charge >= 0.3 is 5.97 Å². The number of hydrogen-bond donors (Lipinski definition) is 1. The van der Waals surface area contributed by atoms with Crippen LogP contribution in [0, 0.1) is 0 Å². The molecular weight excluding hydrogens is 356 g/mol. The highest BCUT2D eigenvalue weighted by atomic mass is 16.5. The monoisotopic (exact) mass is 376 g/mol. The first-order valence-electron chi connectivity index (χ1n) is 9.02. The number of rotatable bonds is 5. The number of nitrogens with one attached hydrogen (secondary N) is 1. The average molecular weight is 376 g/mol. The predicted molar refractivity (Wildman–Crippen MR) is 106 cm³/mol. The van der Waals surface area contributed by atoms with Crippen LogP contribution in [0.1, 0.15) is 29.1 Å². The summed E-state index contributed by atoms with van der Waals surface area (Å²) in [7, 11) is 1.86. The van der Waals surface area contributed by atoms with E-state index in [9.17, 15) is 9.59 Å². The van der Waals surface area contributed by atoms with Crippen LogP contribution >= 0.6 is 0 Å². The summed E-state index contributed by atoms with van der Waals surface area (Å²) in [6.07, 6.45) is 1.71. The Balaban J connectivity index is 1.39. The van der Waals surface area contributed by atoms with Crippen molar-refractivity contribution in [2.45, 2.75) is 13.0 Å². The van der Waals surface area contributed by atoms with E-state index in [4.69, 9.17) is 9.15 Å². The van der Waals surface area contributed by atoms with Crippen molar-refractivity contribution in [3.8, 4) is 0 Å².